The predicted molar refractivity (Wildman–Crippen MR) is 300 cm³/mol. The maximum atomic E-state index is 14.2. The smallest absolute Gasteiger partial charge is 0.329 e. The average molecular weight is 1110 g/mol. The van der Waals surface area contributed by atoms with Crippen molar-refractivity contribution in [1.82, 2.24) is 9.80 Å². The SMILES string of the molecule is CCC(C)(C)C(=O)C(=O)N1CCCC[C@H]1C(=O)O[C@H](CCc1ccc(OC)c(OC)c1)c1cccc(OCC(O)COc2cccc([C@@H](CCc3ccc(OC)c(OC)c3)OC(=O)[C@@H]3CCCCN3C(=O)C(=O)C(C)(C)CC)c2)c1. The van der Waals surface area contributed by atoms with Gasteiger partial charge < -0.3 is 52.8 Å². The summed E-state index contributed by atoms with van der Waals surface area (Å²) in [6.07, 6.45) is 3.29. The average Bonchev–Trinajstić information content (AvgIpc) is 3.52. The van der Waals surface area contributed by atoms with Gasteiger partial charge in [-0.3, -0.25) is 19.2 Å². The Morgan fingerprint density at radius 1 is 0.537 bits per heavy atom. The van der Waals surface area contributed by atoms with Gasteiger partial charge in [0.15, 0.2) is 23.0 Å². The molecule has 0 unspecified atom stereocenters. The number of hydrogen-bond acceptors (Lipinski definition) is 15. The highest BCUT2D eigenvalue weighted by Gasteiger charge is 2.43. The predicted octanol–water partition coefficient (Wildman–Crippen LogP) is 9.75. The third-order valence-electron chi connectivity index (χ3n) is 15.6. The summed E-state index contributed by atoms with van der Waals surface area (Å²) in [5.41, 5.74) is 1.28. The number of aliphatic hydroxyl groups excluding tert-OH is 1. The molecule has 0 aromatic heterocycles. The summed E-state index contributed by atoms with van der Waals surface area (Å²) in [7, 11) is 6.24. The number of likely N-dealkylation sites (tertiary alicyclic amines) is 2. The van der Waals surface area contributed by atoms with Crippen LogP contribution in [-0.2, 0) is 51.1 Å². The molecular formula is C63H82N2O15. The van der Waals surface area contributed by atoms with Crippen molar-refractivity contribution < 1.29 is 71.8 Å². The molecule has 17 heteroatoms. The number of aliphatic hydroxyl groups is 1. The largest absolute Gasteiger partial charge is 0.493 e. The molecule has 0 saturated carbocycles. The van der Waals surface area contributed by atoms with E-state index in [1.54, 1.807) is 92.5 Å². The maximum Gasteiger partial charge on any atom is 0.329 e. The maximum absolute atomic E-state index is 14.2. The second-order valence-corrected chi connectivity index (χ2v) is 21.9. The first kappa shape index (κ1) is 62.1. The first-order valence-electron chi connectivity index (χ1n) is 27.9. The highest BCUT2D eigenvalue weighted by Crippen LogP contribution is 2.36. The topological polar surface area (TPSA) is 203 Å². The minimum Gasteiger partial charge on any atom is -0.493 e. The van der Waals surface area contributed by atoms with Crippen molar-refractivity contribution in [2.75, 3.05) is 54.7 Å². The lowest BCUT2D eigenvalue weighted by atomic mass is 9.84. The molecule has 2 aliphatic heterocycles. The molecule has 0 aliphatic carbocycles. The van der Waals surface area contributed by atoms with E-state index in [-0.39, 0.29) is 26.3 Å². The number of esters is 2. The van der Waals surface area contributed by atoms with Crippen molar-refractivity contribution in [3.8, 4) is 34.5 Å². The third-order valence-corrected chi connectivity index (χ3v) is 15.6. The number of Topliss-reactive ketones (excluding diaryl/α,β-unsaturated/α-hetero) is 2. The van der Waals surface area contributed by atoms with Crippen LogP contribution >= 0.6 is 0 Å². The summed E-state index contributed by atoms with van der Waals surface area (Å²) in [6.45, 7) is 10.8. The fourth-order valence-corrected chi connectivity index (χ4v) is 9.74. The molecule has 4 aromatic rings. The summed E-state index contributed by atoms with van der Waals surface area (Å²) in [6, 6.07) is 23.4. The number of ketones is 2. The van der Waals surface area contributed by atoms with Crippen LogP contribution in [0.1, 0.15) is 140 Å². The number of amides is 2. The fraction of sp³-hybridized carbons (Fsp3) is 0.524. The van der Waals surface area contributed by atoms with Gasteiger partial charge in [0.1, 0.15) is 55.1 Å². The van der Waals surface area contributed by atoms with Crippen LogP contribution in [0.4, 0.5) is 0 Å². The molecule has 2 aliphatic rings. The van der Waals surface area contributed by atoms with Crippen LogP contribution in [-0.4, -0.2) is 123 Å². The van der Waals surface area contributed by atoms with Gasteiger partial charge in [0.05, 0.1) is 28.4 Å². The van der Waals surface area contributed by atoms with Gasteiger partial charge in [-0.05, 0) is 148 Å². The minimum atomic E-state index is -1.11. The first-order valence-corrected chi connectivity index (χ1v) is 27.9. The number of nitrogens with zero attached hydrogens (tertiary/aromatic N) is 2. The number of aryl methyl sites for hydroxylation is 2. The molecule has 17 nitrogen and oxygen atoms in total. The molecule has 2 saturated heterocycles. The number of carbonyl (C=O) groups excluding carboxylic acids is 6. The summed E-state index contributed by atoms with van der Waals surface area (Å²) in [5, 5.41) is 11.2. The van der Waals surface area contributed by atoms with Gasteiger partial charge in [0.2, 0.25) is 11.6 Å². The molecule has 4 aromatic carbocycles. The van der Waals surface area contributed by atoms with Crippen molar-refractivity contribution in [3.63, 3.8) is 0 Å². The molecule has 6 rings (SSSR count). The zero-order valence-electron chi connectivity index (χ0n) is 48.3. The Bertz CT molecular complexity index is 2590. The molecule has 2 heterocycles. The van der Waals surface area contributed by atoms with Crippen LogP contribution in [0.5, 0.6) is 34.5 Å². The van der Waals surface area contributed by atoms with Gasteiger partial charge in [-0.2, -0.15) is 0 Å². The number of benzene rings is 4. The second kappa shape index (κ2) is 28.8. The molecule has 0 spiro atoms. The number of rotatable bonds is 28. The van der Waals surface area contributed by atoms with Gasteiger partial charge in [-0.15, -0.1) is 0 Å². The van der Waals surface area contributed by atoms with Crippen molar-refractivity contribution >= 4 is 35.3 Å². The molecule has 80 heavy (non-hydrogen) atoms. The van der Waals surface area contributed by atoms with Gasteiger partial charge in [-0.1, -0.05) is 77.9 Å². The quantitative estimate of drug-likeness (QED) is 0.0415. The van der Waals surface area contributed by atoms with Crippen LogP contribution < -0.4 is 28.4 Å². The van der Waals surface area contributed by atoms with Crippen LogP contribution in [0.3, 0.4) is 0 Å². The molecule has 434 valence electrons. The number of carbonyl (C=O) groups is 6. The molecule has 0 bridgehead atoms. The lowest BCUT2D eigenvalue weighted by Crippen LogP contribution is -2.53. The van der Waals surface area contributed by atoms with Crippen molar-refractivity contribution in [3.05, 3.63) is 107 Å². The Balaban J connectivity index is 1.16. The highest BCUT2D eigenvalue weighted by atomic mass is 16.6. The lowest BCUT2D eigenvalue weighted by molar-refractivity contribution is -0.165. The van der Waals surface area contributed by atoms with Crippen molar-refractivity contribution in [2.45, 2.75) is 149 Å². The Hall–Kier alpha value is -7.14. The molecular weight excluding hydrogens is 1020 g/mol. The number of hydrogen-bond donors (Lipinski definition) is 1. The molecule has 1 N–H and O–H groups in total. The fourth-order valence-electron chi connectivity index (χ4n) is 9.74. The van der Waals surface area contributed by atoms with Gasteiger partial charge in [-0.25, -0.2) is 9.59 Å². The Morgan fingerprint density at radius 3 is 1.29 bits per heavy atom. The lowest BCUT2D eigenvalue weighted by Gasteiger charge is -2.36. The monoisotopic (exact) mass is 1110 g/mol. The normalized spacial score (nSPS) is 16.4. The zero-order chi connectivity index (χ0) is 58.1. The summed E-state index contributed by atoms with van der Waals surface area (Å²) in [4.78, 5) is 85.2. The van der Waals surface area contributed by atoms with E-state index in [0.29, 0.717) is 123 Å². The highest BCUT2D eigenvalue weighted by molar-refractivity contribution is 6.38. The van der Waals surface area contributed by atoms with E-state index in [2.05, 4.69) is 0 Å². The van der Waals surface area contributed by atoms with Crippen LogP contribution in [0.2, 0.25) is 0 Å². The Kier molecular flexibility index (Phi) is 22.4. The molecule has 2 fully saturated rings. The second-order valence-electron chi connectivity index (χ2n) is 21.9. The van der Waals surface area contributed by atoms with Crippen molar-refractivity contribution in [2.24, 2.45) is 10.8 Å². The van der Waals surface area contributed by atoms with E-state index in [1.165, 1.54) is 9.80 Å². The number of ether oxygens (including phenoxy) is 8. The third kappa shape index (κ3) is 16.0. The summed E-state index contributed by atoms with van der Waals surface area (Å²) >= 11 is 0. The Labute approximate surface area is 471 Å². The van der Waals surface area contributed by atoms with Gasteiger partial charge >= 0.3 is 11.9 Å². The van der Waals surface area contributed by atoms with Crippen LogP contribution in [0, 0.1) is 10.8 Å². The zero-order valence-corrected chi connectivity index (χ0v) is 48.3. The van der Waals surface area contributed by atoms with Crippen LogP contribution in [0.15, 0.2) is 84.9 Å². The van der Waals surface area contributed by atoms with E-state index in [1.807, 2.05) is 62.4 Å². The summed E-state index contributed by atoms with van der Waals surface area (Å²) in [5.74, 6) is -0.591. The number of methoxy groups -OCH3 is 4. The Morgan fingerprint density at radius 2 is 0.925 bits per heavy atom. The first-order chi connectivity index (χ1) is 38.3. The molecule has 2 amide bonds. The van der Waals surface area contributed by atoms with E-state index >= 15 is 0 Å². The molecule has 0 radical (unpaired) electrons. The van der Waals surface area contributed by atoms with E-state index in [4.69, 9.17) is 37.9 Å². The van der Waals surface area contributed by atoms with Gasteiger partial charge in [0, 0.05) is 23.9 Å². The van der Waals surface area contributed by atoms with E-state index in [9.17, 15) is 33.9 Å². The minimum absolute atomic E-state index is 0.166. The van der Waals surface area contributed by atoms with Gasteiger partial charge in [0.25, 0.3) is 11.8 Å². The van der Waals surface area contributed by atoms with E-state index < -0.39 is 76.5 Å². The molecule has 4 atom stereocenters. The number of piperidine rings is 2. The standard InChI is InChI=1S/C63H82N2O15/c1-11-62(3,4)56(67)58(69)64-33-15-13-23-48(64)60(71)79-50(29-25-41-27-31-52(73-7)54(35-41)75-9)43-19-17-21-46(37-43)77-39-45(66)40-78-47-22-18-20-44(38-47)51(30-26-42-28-32-53(74-8)55(36-42)76-10)80-61(72)49-24-14-16-34-65(49)59(70)57(68)63(5,6)12-2/h17-22,27-28,31-32,35-38,45,48-51,66H,11-16,23-26,29-30,33-34,39-40H2,1-10H3/t48-,49-,50+,51+/m0/s1. The van der Waals surface area contributed by atoms with Crippen molar-refractivity contribution in [1.29, 1.82) is 0 Å². The summed E-state index contributed by atoms with van der Waals surface area (Å²) < 4.78 is 46.9. The van der Waals surface area contributed by atoms with E-state index in [0.717, 1.165) is 11.1 Å². The van der Waals surface area contributed by atoms with Crippen LogP contribution in [0.25, 0.3) is 0 Å².